The van der Waals surface area contributed by atoms with E-state index in [4.69, 9.17) is 0 Å². The maximum atomic E-state index is 11.8. The molecule has 5 nitrogen and oxygen atoms in total. The van der Waals surface area contributed by atoms with Gasteiger partial charge in [0.2, 0.25) is 5.91 Å². The van der Waals surface area contributed by atoms with Crippen LogP contribution in [0.25, 0.3) is 0 Å². The van der Waals surface area contributed by atoms with Gasteiger partial charge in [0, 0.05) is 17.8 Å². The third kappa shape index (κ3) is 4.43. The van der Waals surface area contributed by atoms with E-state index >= 15 is 0 Å². The van der Waals surface area contributed by atoms with Gasteiger partial charge in [-0.15, -0.1) is 6.58 Å². The van der Waals surface area contributed by atoms with Gasteiger partial charge < -0.3 is 5.32 Å². The lowest BCUT2D eigenvalue weighted by Crippen LogP contribution is -2.31. The Bertz CT molecular complexity index is 620. The van der Waals surface area contributed by atoms with E-state index in [1.54, 1.807) is 19.9 Å². The van der Waals surface area contributed by atoms with Crippen molar-refractivity contribution in [3.63, 3.8) is 0 Å². The summed E-state index contributed by atoms with van der Waals surface area (Å²) in [7, 11) is 0. The first-order valence-corrected chi connectivity index (χ1v) is 7.26. The predicted octanol–water partition coefficient (Wildman–Crippen LogP) is 2.25. The number of nitriles is 1. The highest BCUT2D eigenvalue weighted by Gasteiger charge is 2.19. The van der Waals surface area contributed by atoms with Gasteiger partial charge in [0.25, 0.3) is 0 Å². The minimum absolute atomic E-state index is 0.134. The van der Waals surface area contributed by atoms with Crippen molar-refractivity contribution in [3.05, 3.63) is 35.5 Å². The van der Waals surface area contributed by atoms with Gasteiger partial charge in [-0.05, 0) is 26.8 Å². The molecular weight excluding hydrogens is 286 g/mol. The molecule has 0 bridgehead atoms. The van der Waals surface area contributed by atoms with Crippen LogP contribution in [0.2, 0.25) is 0 Å². The van der Waals surface area contributed by atoms with E-state index in [2.05, 4.69) is 16.9 Å². The summed E-state index contributed by atoms with van der Waals surface area (Å²) < 4.78 is 0. The largest absolute Gasteiger partial charge is 0.352 e. The summed E-state index contributed by atoms with van der Waals surface area (Å²) in [5.74, 6) is -0.288. The fourth-order valence-corrected chi connectivity index (χ4v) is 2.59. The number of carbonyl (C=O) groups excluding carboxylic acids is 2. The highest BCUT2D eigenvalue weighted by Crippen LogP contribution is 2.26. The molecule has 1 aromatic heterocycles. The molecule has 0 aromatic carbocycles. The number of pyridine rings is 1. The summed E-state index contributed by atoms with van der Waals surface area (Å²) in [5.41, 5.74) is 1.29. The molecule has 1 atom stereocenters. The first-order valence-electron chi connectivity index (χ1n) is 6.38. The van der Waals surface area contributed by atoms with Crippen LogP contribution in [0.4, 0.5) is 0 Å². The molecule has 0 aliphatic carbocycles. The summed E-state index contributed by atoms with van der Waals surface area (Å²) in [6, 6.07) is 3.55. The maximum Gasteiger partial charge on any atom is 0.233 e. The molecular formula is C15H17N3O2S. The molecule has 0 aliphatic heterocycles. The lowest BCUT2D eigenvalue weighted by Gasteiger charge is -2.12. The molecule has 0 fully saturated rings. The second kappa shape index (κ2) is 7.60. The molecule has 0 spiro atoms. The number of amides is 1. The van der Waals surface area contributed by atoms with Gasteiger partial charge in [0.05, 0.1) is 10.8 Å². The van der Waals surface area contributed by atoms with Crippen LogP contribution in [0.1, 0.15) is 35.5 Å². The lowest BCUT2D eigenvalue weighted by atomic mass is 10.1. The molecule has 1 rings (SSSR count). The van der Waals surface area contributed by atoms with Crippen LogP contribution in [0.3, 0.4) is 0 Å². The number of ketones is 1. The van der Waals surface area contributed by atoms with Gasteiger partial charge in [0.1, 0.15) is 11.1 Å². The minimum atomic E-state index is -0.396. The monoisotopic (exact) mass is 303 g/mol. The Kier molecular flexibility index (Phi) is 6.12. The highest BCUT2D eigenvalue weighted by atomic mass is 32.2. The van der Waals surface area contributed by atoms with Crippen LogP contribution in [0.5, 0.6) is 0 Å². The summed E-state index contributed by atoms with van der Waals surface area (Å²) in [6.45, 7) is 8.81. The van der Waals surface area contributed by atoms with Gasteiger partial charge >= 0.3 is 0 Å². The number of aryl methyl sites for hydroxylation is 1. The molecule has 1 amide bonds. The quantitative estimate of drug-likeness (QED) is 0.495. The van der Waals surface area contributed by atoms with E-state index in [0.29, 0.717) is 28.4 Å². The number of thioether (sulfide) groups is 1. The van der Waals surface area contributed by atoms with Gasteiger partial charge in [-0.3, -0.25) is 9.59 Å². The van der Waals surface area contributed by atoms with Crippen molar-refractivity contribution in [2.75, 3.05) is 6.54 Å². The predicted molar refractivity (Wildman–Crippen MR) is 82.2 cm³/mol. The van der Waals surface area contributed by atoms with E-state index in [1.165, 1.54) is 24.8 Å². The number of aromatic nitrogens is 1. The van der Waals surface area contributed by atoms with Crippen LogP contribution >= 0.6 is 11.8 Å². The van der Waals surface area contributed by atoms with Crippen molar-refractivity contribution in [1.29, 1.82) is 5.26 Å². The molecule has 1 heterocycles. The van der Waals surface area contributed by atoms with Crippen LogP contribution in [-0.2, 0) is 4.79 Å². The number of nitrogens with zero attached hydrogens (tertiary/aromatic N) is 2. The third-order valence-corrected chi connectivity index (χ3v) is 3.86. The van der Waals surface area contributed by atoms with Gasteiger partial charge in [-0.25, -0.2) is 4.98 Å². The summed E-state index contributed by atoms with van der Waals surface area (Å²) >= 11 is 1.20. The Morgan fingerprint density at radius 1 is 1.62 bits per heavy atom. The smallest absolute Gasteiger partial charge is 0.233 e. The number of hydrogen-bond donors (Lipinski definition) is 1. The lowest BCUT2D eigenvalue weighted by molar-refractivity contribution is -0.120. The molecule has 1 N–H and O–H groups in total. The van der Waals surface area contributed by atoms with E-state index < -0.39 is 5.25 Å². The normalized spacial score (nSPS) is 11.3. The molecule has 0 saturated carbocycles. The third-order valence-electron chi connectivity index (χ3n) is 2.76. The van der Waals surface area contributed by atoms with Gasteiger partial charge in [-0.2, -0.15) is 5.26 Å². The number of rotatable bonds is 6. The van der Waals surface area contributed by atoms with Crippen molar-refractivity contribution < 1.29 is 9.59 Å². The Morgan fingerprint density at radius 3 is 2.81 bits per heavy atom. The fourth-order valence-electron chi connectivity index (χ4n) is 1.65. The highest BCUT2D eigenvalue weighted by molar-refractivity contribution is 8.00. The number of carbonyl (C=O) groups is 2. The zero-order valence-corrected chi connectivity index (χ0v) is 13.1. The van der Waals surface area contributed by atoms with E-state index in [1.807, 2.05) is 6.07 Å². The van der Waals surface area contributed by atoms with Crippen molar-refractivity contribution in [3.8, 4) is 6.07 Å². The standard InChI is InChI=1S/C15H17N3O2S/c1-5-6-17-14(20)11(4)21-15-12(8-16)7-13(10(3)19)9(2)18-15/h5,7,11H,1,6H2,2-4H3,(H,17,20). The first-order chi connectivity index (χ1) is 9.90. The zero-order valence-electron chi connectivity index (χ0n) is 12.3. The molecule has 1 aromatic rings. The molecule has 0 radical (unpaired) electrons. The van der Waals surface area contributed by atoms with Crippen molar-refractivity contribution in [2.45, 2.75) is 31.0 Å². The van der Waals surface area contributed by atoms with E-state index in [0.717, 1.165) is 0 Å². The Morgan fingerprint density at radius 2 is 2.29 bits per heavy atom. The summed E-state index contributed by atoms with van der Waals surface area (Å²) in [6.07, 6.45) is 1.60. The van der Waals surface area contributed by atoms with Gasteiger partial charge in [0.15, 0.2) is 5.78 Å². The molecule has 110 valence electrons. The molecule has 1 unspecified atom stereocenters. The van der Waals surface area contributed by atoms with Crippen molar-refractivity contribution in [1.82, 2.24) is 10.3 Å². The molecule has 6 heteroatoms. The Hall–Kier alpha value is -2.13. The van der Waals surface area contributed by atoms with Crippen LogP contribution in [-0.4, -0.2) is 28.5 Å². The van der Waals surface area contributed by atoms with Crippen molar-refractivity contribution >= 4 is 23.5 Å². The number of Topliss-reactive ketones (excluding diaryl/α,β-unsaturated/α-hetero) is 1. The molecule has 21 heavy (non-hydrogen) atoms. The first kappa shape index (κ1) is 16.9. The SMILES string of the molecule is C=CCNC(=O)C(C)Sc1nc(C)c(C(C)=O)cc1C#N. The molecule has 0 saturated heterocycles. The average Bonchev–Trinajstić information content (AvgIpc) is 2.44. The number of hydrogen-bond acceptors (Lipinski definition) is 5. The van der Waals surface area contributed by atoms with Crippen LogP contribution in [0, 0.1) is 18.3 Å². The van der Waals surface area contributed by atoms with Crippen LogP contribution < -0.4 is 5.32 Å². The average molecular weight is 303 g/mol. The summed E-state index contributed by atoms with van der Waals surface area (Å²) in [4.78, 5) is 27.6. The van der Waals surface area contributed by atoms with Crippen molar-refractivity contribution in [2.24, 2.45) is 0 Å². The topological polar surface area (TPSA) is 82.8 Å². The van der Waals surface area contributed by atoms with E-state index in [9.17, 15) is 14.9 Å². The number of nitrogens with one attached hydrogen (secondary N) is 1. The van der Waals surface area contributed by atoms with Gasteiger partial charge in [-0.1, -0.05) is 17.8 Å². The Balaban J connectivity index is 3.01. The Labute approximate surface area is 128 Å². The summed E-state index contributed by atoms with van der Waals surface area (Å²) in [5, 5.41) is 11.9. The van der Waals surface area contributed by atoms with Crippen LogP contribution in [0.15, 0.2) is 23.7 Å². The molecule has 0 aliphatic rings. The zero-order chi connectivity index (χ0) is 16.0. The minimum Gasteiger partial charge on any atom is -0.352 e. The second-order valence-corrected chi connectivity index (χ2v) is 5.77. The van der Waals surface area contributed by atoms with E-state index in [-0.39, 0.29) is 11.7 Å². The fraction of sp³-hybridized carbons (Fsp3) is 0.333. The maximum absolute atomic E-state index is 11.8. The second-order valence-electron chi connectivity index (χ2n) is 4.44.